The second-order valence-corrected chi connectivity index (χ2v) is 17.1. The molecule has 4 fully saturated rings. The van der Waals surface area contributed by atoms with Gasteiger partial charge in [0, 0.05) is 68.9 Å². The summed E-state index contributed by atoms with van der Waals surface area (Å²) in [6.45, 7) is 8.15. The number of hydrogen-bond acceptors (Lipinski definition) is 9. The Labute approximate surface area is 334 Å². The molecule has 0 radical (unpaired) electrons. The zero-order valence-corrected chi connectivity index (χ0v) is 33.4. The Hall–Kier alpha value is -4.69. The molecule has 4 saturated heterocycles. The number of carbonyl (C=O) groups is 2. The van der Waals surface area contributed by atoms with Gasteiger partial charge in [-0.3, -0.25) is 14.7 Å². The second kappa shape index (κ2) is 15.2. The maximum absolute atomic E-state index is 16.9. The van der Waals surface area contributed by atoms with Crippen molar-refractivity contribution in [2.24, 2.45) is 0 Å². The summed E-state index contributed by atoms with van der Waals surface area (Å²) in [7, 11) is 1.83. The topological polar surface area (TPSA) is 104 Å². The maximum Gasteiger partial charge on any atom is 0.410 e. The number of likely N-dealkylation sites (N-methyl/N-ethyl adjacent to an activating group) is 1. The fraction of sp³-hybridized carbons (Fsp3) is 0.500. The number of rotatable bonds is 8. The number of ether oxygens (including phenoxy) is 2. The van der Waals surface area contributed by atoms with Crippen LogP contribution in [-0.4, -0.2) is 117 Å². The van der Waals surface area contributed by atoms with Crippen molar-refractivity contribution in [1.82, 2.24) is 29.7 Å². The number of alkyl halides is 1. The number of fused-ring (bicyclic) bond motifs is 3. The van der Waals surface area contributed by atoms with Crippen LogP contribution in [0.3, 0.4) is 0 Å². The number of likely N-dealkylation sites (tertiary alicyclic amines) is 2. The summed E-state index contributed by atoms with van der Waals surface area (Å²) in [4.78, 5) is 47.6. The number of nitrogens with zero attached hydrogens (tertiary/aromatic N) is 7. The van der Waals surface area contributed by atoms with E-state index in [4.69, 9.17) is 26.1 Å². The van der Waals surface area contributed by atoms with Gasteiger partial charge in [-0.2, -0.15) is 9.97 Å². The van der Waals surface area contributed by atoms with Gasteiger partial charge in [0.1, 0.15) is 41.2 Å². The van der Waals surface area contributed by atoms with Crippen LogP contribution >= 0.6 is 11.6 Å². The molecule has 4 aromatic rings. The molecule has 2 aromatic carbocycles. The minimum Gasteiger partial charge on any atom is -0.461 e. The van der Waals surface area contributed by atoms with E-state index in [0.29, 0.717) is 66.6 Å². The number of pyridine rings is 1. The molecule has 4 atom stereocenters. The molecule has 57 heavy (non-hydrogen) atoms. The Kier molecular flexibility index (Phi) is 10.5. The van der Waals surface area contributed by atoms with Gasteiger partial charge >= 0.3 is 12.1 Å². The van der Waals surface area contributed by atoms with Crippen LogP contribution in [0.15, 0.2) is 48.7 Å². The van der Waals surface area contributed by atoms with Crippen molar-refractivity contribution >= 4 is 51.1 Å². The largest absolute Gasteiger partial charge is 0.461 e. The number of carbonyl (C=O) groups excluding carboxylic acids is 2. The summed E-state index contributed by atoms with van der Waals surface area (Å²) < 4.78 is 58.1. The van der Waals surface area contributed by atoms with Crippen molar-refractivity contribution in [3.8, 4) is 17.3 Å². The number of amides is 2. The molecule has 4 aliphatic heterocycles. The molecule has 2 aromatic heterocycles. The average molecular weight is 806 g/mol. The number of aromatic nitrogens is 3. The lowest BCUT2D eigenvalue weighted by Crippen LogP contribution is -2.43. The summed E-state index contributed by atoms with van der Waals surface area (Å²) in [6, 6.07) is 7.47. The van der Waals surface area contributed by atoms with Crippen LogP contribution in [0, 0.1) is 11.6 Å². The highest BCUT2D eigenvalue weighted by molar-refractivity contribution is 6.36. The number of benzene rings is 2. The van der Waals surface area contributed by atoms with E-state index in [1.165, 1.54) is 18.3 Å². The summed E-state index contributed by atoms with van der Waals surface area (Å²) in [5.41, 5.74) is -0.918. The lowest BCUT2D eigenvalue weighted by Gasteiger charge is -2.31. The number of anilines is 1. The predicted octanol–water partition coefficient (Wildman–Crippen LogP) is 7.72. The minimum absolute atomic E-state index is 0.0492. The first-order valence-corrected chi connectivity index (χ1v) is 20.0. The summed E-state index contributed by atoms with van der Waals surface area (Å²) >= 11 is 6.44. The quantitative estimate of drug-likeness (QED) is 0.166. The van der Waals surface area contributed by atoms with E-state index in [1.807, 2.05) is 32.7 Å². The molecule has 0 bridgehead atoms. The van der Waals surface area contributed by atoms with E-state index < -0.39 is 35.0 Å². The first-order chi connectivity index (χ1) is 27.2. The number of hydrogen-bond donors (Lipinski definition) is 0. The Bertz CT molecular complexity index is 2260. The smallest absolute Gasteiger partial charge is 0.410 e. The Balaban J connectivity index is 1.09. The van der Waals surface area contributed by atoms with Gasteiger partial charge in [-0.1, -0.05) is 41.9 Å². The Morgan fingerprint density at radius 3 is 2.70 bits per heavy atom. The van der Waals surface area contributed by atoms with E-state index in [0.717, 1.165) is 32.2 Å². The zero-order chi connectivity index (χ0) is 40.2. The molecule has 302 valence electrons. The molecule has 2 amide bonds. The molecule has 11 nitrogen and oxygen atoms in total. The zero-order valence-electron chi connectivity index (χ0n) is 32.6. The van der Waals surface area contributed by atoms with E-state index >= 15 is 4.39 Å². The molecule has 0 saturated carbocycles. The summed E-state index contributed by atoms with van der Waals surface area (Å²) in [5, 5.41) is 1.13. The van der Waals surface area contributed by atoms with Gasteiger partial charge in [0.25, 0.3) is 0 Å². The average Bonchev–Trinajstić information content (AvgIpc) is 3.98. The molecule has 15 heteroatoms. The molecular weight excluding hydrogens is 759 g/mol. The van der Waals surface area contributed by atoms with Crippen LogP contribution in [0.4, 0.5) is 23.8 Å². The van der Waals surface area contributed by atoms with Crippen LogP contribution < -0.4 is 9.64 Å². The highest BCUT2D eigenvalue weighted by Crippen LogP contribution is 2.42. The van der Waals surface area contributed by atoms with Crippen LogP contribution in [-0.2, 0) is 9.53 Å². The molecule has 0 aliphatic carbocycles. The fourth-order valence-electron chi connectivity index (χ4n) is 8.97. The van der Waals surface area contributed by atoms with Gasteiger partial charge in [-0.25, -0.2) is 18.0 Å². The molecule has 1 unspecified atom stereocenters. The minimum atomic E-state index is -0.957. The van der Waals surface area contributed by atoms with Gasteiger partial charge in [0.15, 0.2) is 5.82 Å². The third-order valence-electron chi connectivity index (χ3n) is 11.8. The van der Waals surface area contributed by atoms with Crippen molar-refractivity contribution in [2.75, 3.05) is 51.3 Å². The van der Waals surface area contributed by atoms with Crippen molar-refractivity contribution in [3.05, 3.63) is 65.3 Å². The van der Waals surface area contributed by atoms with Crippen molar-refractivity contribution in [1.29, 1.82) is 0 Å². The predicted molar refractivity (Wildman–Crippen MR) is 212 cm³/mol. The standard InChI is InChI=1S/C42H47ClF3N7O4/c1-41(2,3)57-40(55)53-18-6-9-27(53)12-14-32(54)51-19-15-28(23-51)50(4)38-30-21-47-36(29-10-5-8-25-11-13-31(45)34(43)33(25)29)35(46)37(30)48-39(49-38)56-24-42-16-7-17-52(42)22-26(44)20-42/h5,8,10-14,21,26-28H,6-7,9,15-20,22-24H2,1-4H3/b14-12+/t26-,27?,28-,42+/m1/s1. The first-order valence-electron chi connectivity index (χ1n) is 19.7. The molecule has 8 rings (SSSR count). The van der Waals surface area contributed by atoms with Crippen molar-refractivity contribution in [2.45, 2.75) is 88.7 Å². The van der Waals surface area contributed by atoms with Crippen LogP contribution in [0.2, 0.25) is 5.02 Å². The van der Waals surface area contributed by atoms with Gasteiger partial charge in [-0.15, -0.1) is 0 Å². The normalized spacial score (nSPS) is 24.0. The molecule has 0 N–H and O–H groups in total. The van der Waals surface area contributed by atoms with E-state index in [2.05, 4.69) is 14.9 Å². The summed E-state index contributed by atoms with van der Waals surface area (Å²) in [6.07, 6.45) is 7.66. The summed E-state index contributed by atoms with van der Waals surface area (Å²) in [5.74, 6) is -1.21. The van der Waals surface area contributed by atoms with E-state index in [-0.39, 0.29) is 46.8 Å². The van der Waals surface area contributed by atoms with Crippen molar-refractivity contribution < 1.29 is 32.2 Å². The maximum atomic E-state index is 16.9. The van der Waals surface area contributed by atoms with Crippen molar-refractivity contribution in [3.63, 3.8) is 0 Å². The van der Waals surface area contributed by atoms with Crippen LogP contribution in [0.25, 0.3) is 32.9 Å². The van der Waals surface area contributed by atoms with Gasteiger partial charge in [0.05, 0.1) is 22.0 Å². The molecule has 6 heterocycles. The van der Waals surface area contributed by atoms with Crippen LogP contribution in [0.1, 0.15) is 59.3 Å². The van der Waals surface area contributed by atoms with Gasteiger partial charge in [0.2, 0.25) is 5.91 Å². The lowest BCUT2D eigenvalue weighted by atomic mass is 9.95. The van der Waals surface area contributed by atoms with Gasteiger partial charge < -0.3 is 24.2 Å². The molecular formula is C42H47ClF3N7O4. The Morgan fingerprint density at radius 2 is 1.89 bits per heavy atom. The Morgan fingerprint density at radius 1 is 1.07 bits per heavy atom. The molecule has 4 aliphatic rings. The highest BCUT2D eigenvalue weighted by Gasteiger charge is 2.49. The molecule has 0 spiro atoms. The third-order valence-corrected chi connectivity index (χ3v) is 12.2. The van der Waals surface area contributed by atoms with Crippen LogP contribution in [0.5, 0.6) is 6.01 Å². The second-order valence-electron chi connectivity index (χ2n) is 16.7. The number of halogens is 4. The SMILES string of the molecule is CN(c1nc(OC[C@@]23CCCN2C[C@H](F)C3)nc2c(F)c(-c3cccc4ccc(F)c(Cl)c34)ncc12)[C@@H]1CCN(C(=O)/C=C/C2CCCN2C(=O)OC(C)(C)C)C1. The van der Waals surface area contributed by atoms with E-state index in [1.54, 1.807) is 40.1 Å². The fourth-order valence-corrected chi connectivity index (χ4v) is 9.24. The monoisotopic (exact) mass is 805 g/mol. The van der Waals surface area contributed by atoms with Gasteiger partial charge in [-0.05, 0) is 70.9 Å². The third kappa shape index (κ3) is 7.58. The van der Waals surface area contributed by atoms with E-state index in [9.17, 15) is 18.4 Å². The highest BCUT2D eigenvalue weighted by atomic mass is 35.5. The lowest BCUT2D eigenvalue weighted by molar-refractivity contribution is -0.125. The first kappa shape index (κ1) is 39.2.